The Bertz CT molecular complexity index is 378. The van der Waals surface area contributed by atoms with Crippen molar-refractivity contribution in [1.29, 1.82) is 0 Å². The number of carbonyl (C=O) groups excluding carboxylic acids is 2. The molecule has 0 saturated carbocycles. The van der Waals surface area contributed by atoms with Crippen LogP contribution in [0.15, 0.2) is 24.3 Å². The topological polar surface area (TPSA) is 52.6 Å². The summed E-state index contributed by atoms with van der Waals surface area (Å²) in [6.07, 6.45) is 2.97. The number of allylic oxidation sites excluding steroid dienone is 1. The predicted octanol–water partition coefficient (Wildman–Crippen LogP) is 3.17. The highest BCUT2D eigenvalue weighted by atomic mass is 16.6. The summed E-state index contributed by atoms with van der Waals surface area (Å²) in [5.41, 5.74) is -0.967. The van der Waals surface area contributed by atoms with Crippen LogP contribution in [0.25, 0.3) is 0 Å². The van der Waals surface area contributed by atoms with Crippen molar-refractivity contribution in [2.24, 2.45) is 0 Å². The highest BCUT2D eigenvalue weighted by molar-refractivity contribution is 5.96. The molecule has 0 unspecified atom stereocenters. The molecule has 0 N–H and O–H groups in total. The summed E-state index contributed by atoms with van der Waals surface area (Å²) in [5, 5.41) is 0. The van der Waals surface area contributed by atoms with Crippen LogP contribution in [0.3, 0.4) is 0 Å². The summed E-state index contributed by atoms with van der Waals surface area (Å²) in [7, 11) is 0. The molecule has 0 aliphatic heterocycles. The van der Waals surface area contributed by atoms with Gasteiger partial charge in [0.1, 0.15) is 11.2 Å². The third-order valence-electron chi connectivity index (χ3n) is 1.72. The van der Waals surface area contributed by atoms with Gasteiger partial charge in [0.05, 0.1) is 0 Å². The Morgan fingerprint density at radius 1 is 1.00 bits per heavy atom. The SMILES string of the molecule is C=CC/C(=C/C(=O)OC(C)(C)C)C(=O)OC(C)(C)C. The first kappa shape index (κ1) is 17.4. The van der Waals surface area contributed by atoms with Crippen molar-refractivity contribution in [1.82, 2.24) is 0 Å². The Labute approximate surface area is 115 Å². The van der Waals surface area contributed by atoms with Gasteiger partial charge in [-0.3, -0.25) is 0 Å². The van der Waals surface area contributed by atoms with Gasteiger partial charge >= 0.3 is 11.9 Å². The van der Waals surface area contributed by atoms with Gasteiger partial charge in [-0.25, -0.2) is 9.59 Å². The molecule has 0 bridgehead atoms. The van der Waals surface area contributed by atoms with E-state index >= 15 is 0 Å². The summed E-state index contributed by atoms with van der Waals surface area (Å²) >= 11 is 0. The van der Waals surface area contributed by atoms with Crippen LogP contribution in [0.1, 0.15) is 48.0 Å². The van der Waals surface area contributed by atoms with Gasteiger partial charge in [0.15, 0.2) is 0 Å². The molecule has 0 aromatic heterocycles. The molecule has 0 fully saturated rings. The zero-order valence-corrected chi connectivity index (χ0v) is 12.7. The molecular formula is C15H24O4. The van der Waals surface area contributed by atoms with Crippen molar-refractivity contribution < 1.29 is 19.1 Å². The maximum absolute atomic E-state index is 11.9. The van der Waals surface area contributed by atoms with Crippen LogP contribution in [0, 0.1) is 0 Å². The van der Waals surface area contributed by atoms with Gasteiger partial charge in [0.25, 0.3) is 0 Å². The molecule has 0 radical (unpaired) electrons. The molecule has 0 atom stereocenters. The Kier molecular flexibility index (Phi) is 6.00. The average Bonchev–Trinajstić information content (AvgIpc) is 2.10. The van der Waals surface area contributed by atoms with Gasteiger partial charge < -0.3 is 9.47 Å². The second kappa shape index (κ2) is 6.55. The highest BCUT2D eigenvalue weighted by Gasteiger charge is 2.21. The van der Waals surface area contributed by atoms with Gasteiger partial charge in [0.2, 0.25) is 0 Å². The lowest BCUT2D eigenvalue weighted by atomic mass is 10.1. The van der Waals surface area contributed by atoms with E-state index in [2.05, 4.69) is 6.58 Å². The quantitative estimate of drug-likeness (QED) is 0.446. The molecule has 4 heteroatoms. The van der Waals surface area contributed by atoms with Crippen molar-refractivity contribution in [3.63, 3.8) is 0 Å². The van der Waals surface area contributed by atoms with E-state index in [0.717, 1.165) is 0 Å². The first-order valence-electron chi connectivity index (χ1n) is 6.22. The summed E-state index contributed by atoms with van der Waals surface area (Å²) in [6.45, 7) is 14.2. The number of hydrogen-bond acceptors (Lipinski definition) is 4. The van der Waals surface area contributed by atoms with Crippen molar-refractivity contribution in [3.8, 4) is 0 Å². The van der Waals surface area contributed by atoms with Crippen LogP contribution in [0.5, 0.6) is 0 Å². The number of ether oxygens (including phenoxy) is 2. The van der Waals surface area contributed by atoms with Gasteiger partial charge in [0, 0.05) is 11.6 Å². The number of hydrogen-bond donors (Lipinski definition) is 0. The molecule has 0 heterocycles. The molecule has 0 spiro atoms. The first-order valence-corrected chi connectivity index (χ1v) is 6.22. The van der Waals surface area contributed by atoms with E-state index in [0.29, 0.717) is 0 Å². The van der Waals surface area contributed by atoms with Crippen LogP contribution >= 0.6 is 0 Å². The smallest absolute Gasteiger partial charge is 0.335 e. The van der Waals surface area contributed by atoms with Crippen LogP contribution in [0.4, 0.5) is 0 Å². The molecule has 108 valence electrons. The minimum atomic E-state index is -0.606. The van der Waals surface area contributed by atoms with E-state index in [1.807, 2.05) is 0 Å². The number of esters is 2. The van der Waals surface area contributed by atoms with E-state index < -0.39 is 23.1 Å². The molecule has 0 aromatic carbocycles. The summed E-state index contributed by atoms with van der Waals surface area (Å²) in [6, 6.07) is 0. The third kappa shape index (κ3) is 9.05. The number of carbonyl (C=O) groups is 2. The Balaban J connectivity index is 4.95. The van der Waals surface area contributed by atoms with Gasteiger partial charge in [-0.05, 0) is 48.0 Å². The number of rotatable bonds is 4. The minimum absolute atomic E-state index is 0.235. The Morgan fingerprint density at radius 2 is 1.47 bits per heavy atom. The van der Waals surface area contributed by atoms with Crippen molar-refractivity contribution in [3.05, 3.63) is 24.3 Å². The predicted molar refractivity (Wildman–Crippen MR) is 74.6 cm³/mol. The summed E-state index contributed by atoms with van der Waals surface area (Å²) in [4.78, 5) is 23.6. The molecule has 19 heavy (non-hydrogen) atoms. The monoisotopic (exact) mass is 268 g/mol. The van der Waals surface area contributed by atoms with Crippen molar-refractivity contribution >= 4 is 11.9 Å². The molecule has 0 aliphatic carbocycles. The fourth-order valence-electron chi connectivity index (χ4n) is 1.17. The maximum Gasteiger partial charge on any atom is 0.335 e. The van der Waals surface area contributed by atoms with E-state index in [9.17, 15) is 9.59 Å². The van der Waals surface area contributed by atoms with Crippen LogP contribution in [0.2, 0.25) is 0 Å². The van der Waals surface area contributed by atoms with Gasteiger partial charge in [-0.1, -0.05) is 6.08 Å². The summed E-state index contributed by atoms with van der Waals surface area (Å²) in [5.74, 6) is -1.09. The lowest BCUT2D eigenvalue weighted by Gasteiger charge is -2.21. The standard InChI is InChI=1S/C15H24O4/c1-8-9-11(13(17)19-15(5,6)7)10-12(16)18-14(2,3)4/h8,10H,1,9H2,2-7H3/b11-10-. The van der Waals surface area contributed by atoms with Crippen LogP contribution in [-0.2, 0) is 19.1 Å². The molecule has 0 saturated heterocycles. The van der Waals surface area contributed by atoms with E-state index in [1.54, 1.807) is 47.6 Å². The lowest BCUT2D eigenvalue weighted by molar-refractivity contribution is -0.152. The van der Waals surface area contributed by atoms with Gasteiger partial charge in [-0.2, -0.15) is 0 Å². The second-order valence-corrected chi connectivity index (χ2v) is 6.20. The average molecular weight is 268 g/mol. The Morgan fingerprint density at radius 3 is 1.84 bits per heavy atom. The van der Waals surface area contributed by atoms with Gasteiger partial charge in [-0.15, -0.1) is 6.58 Å². The zero-order valence-electron chi connectivity index (χ0n) is 12.7. The largest absolute Gasteiger partial charge is 0.457 e. The molecule has 0 rings (SSSR count). The highest BCUT2D eigenvalue weighted by Crippen LogP contribution is 2.15. The summed E-state index contributed by atoms with van der Waals surface area (Å²) < 4.78 is 10.4. The van der Waals surface area contributed by atoms with E-state index in [-0.39, 0.29) is 12.0 Å². The molecular weight excluding hydrogens is 244 g/mol. The molecule has 0 aromatic rings. The fraction of sp³-hybridized carbons (Fsp3) is 0.600. The Hall–Kier alpha value is -1.58. The first-order chi connectivity index (χ1) is 8.44. The zero-order chi connectivity index (χ0) is 15.3. The molecule has 4 nitrogen and oxygen atoms in total. The van der Waals surface area contributed by atoms with Crippen LogP contribution < -0.4 is 0 Å². The molecule has 0 amide bonds. The molecule has 0 aliphatic rings. The van der Waals surface area contributed by atoms with Crippen LogP contribution in [-0.4, -0.2) is 23.1 Å². The van der Waals surface area contributed by atoms with E-state index in [4.69, 9.17) is 9.47 Å². The minimum Gasteiger partial charge on any atom is -0.457 e. The fourth-order valence-corrected chi connectivity index (χ4v) is 1.17. The normalized spacial score (nSPS) is 12.8. The van der Waals surface area contributed by atoms with E-state index in [1.165, 1.54) is 6.08 Å². The maximum atomic E-state index is 11.9. The lowest BCUT2D eigenvalue weighted by Crippen LogP contribution is -2.26. The third-order valence-corrected chi connectivity index (χ3v) is 1.72. The van der Waals surface area contributed by atoms with Crippen molar-refractivity contribution in [2.45, 2.75) is 59.2 Å². The second-order valence-electron chi connectivity index (χ2n) is 6.20. The van der Waals surface area contributed by atoms with Crippen molar-refractivity contribution in [2.75, 3.05) is 0 Å².